The van der Waals surface area contributed by atoms with Crippen molar-refractivity contribution in [2.75, 3.05) is 39.6 Å². The molecule has 0 radical (unpaired) electrons. The number of hydrogen-bond acceptors (Lipinski definition) is 14. The van der Waals surface area contributed by atoms with Gasteiger partial charge < -0.3 is 34.2 Å². The van der Waals surface area contributed by atoms with Gasteiger partial charge in [-0.2, -0.15) is 0 Å². The standard InChI is InChI=1S/C87H140O16P2/c1-4-7-10-13-16-19-22-25-28-31-34-36-38-40-42-44-47-49-52-55-58-61-64-67-70-73-85(90)97-76-82(88)77-99-104(93,94)100-78-83(89)79-101-105(95,96)102-81-84(103-87(92)75-72-69-66-63-60-57-54-51-46-33-30-27-24-21-18-15-12-9-6-3)80-98-86(91)74-71-68-65-62-59-56-53-50-48-45-43-41-39-37-35-32-29-26-23-20-17-14-11-8-5-2/h7,9-10,12,16-21,25-30,34-37,40-43,46-47,49,51,57,60,66,69,82-84,88-89H,4-6,8,11,13-15,22-24,31-33,38-39,44-45,48,50,52-56,58-59,61-65,67-68,70-81H2,1-3H3,(H,93,94)(H,95,96)/b10-7-,12-9-,19-16-,20-17-,21-18-,28-25-,29-26-,30-27-,36-34-,37-35-,42-40-,43-41-,49-47-,51-46-,60-57-,69-66-. The minimum atomic E-state index is -4.97. The Labute approximate surface area is 636 Å². The summed E-state index contributed by atoms with van der Waals surface area (Å²) >= 11 is 0. The molecule has 0 fully saturated rings. The van der Waals surface area contributed by atoms with Gasteiger partial charge in [-0.25, -0.2) is 9.13 Å². The molecular weight excluding hydrogens is 1360 g/mol. The van der Waals surface area contributed by atoms with Crippen molar-refractivity contribution in [3.63, 3.8) is 0 Å². The van der Waals surface area contributed by atoms with Crippen molar-refractivity contribution in [2.24, 2.45) is 0 Å². The third-order valence-corrected chi connectivity index (χ3v) is 17.7. The molecule has 0 saturated heterocycles. The van der Waals surface area contributed by atoms with Gasteiger partial charge in [0, 0.05) is 19.3 Å². The van der Waals surface area contributed by atoms with Gasteiger partial charge in [0.25, 0.3) is 0 Å². The van der Waals surface area contributed by atoms with E-state index >= 15 is 0 Å². The first-order chi connectivity index (χ1) is 51.2. The molecule has 0 heterocycles. The highest BCUT2D eigenvalue weighted by Crippen LogP contribution is 2.45. The number of carbonyl (C=O) groups is 3. The summed E-state index contributed by atoms with van der Waals surface area (Å²) in [5, 5.41) is 20.6. The van der Waals surface area contributed by atoms with Crippen molar-refractivity contribution < 1.29 is 75.8 Å². The van der Waals surface area contributed by atoms with E-state index in [9.17, 15) is 43.5 Å². The maximum atomic E-state index is 13.0. The molecule has 5 unspecified atom stereocenters. The molecule has 18 heteroatoms. The van der Waals surface area contributed by atoms with E-state index in [-0.39, 0.29) is 19.3 Å². The summed E-state index contributed by atoms with van der Waals surface area (Å²) in [6, 6.07) is 0. The average molecular weight is 1500 g/mol. The van der Waals surface area contributed by atoms with E-state index in [0.29, 0.717) is 25.7 Å². The zero-order chi connectivity index (χ0) is 76.6. The van der Waals surface area contributed by atoms with Gasteiger partial charge in [-0.05, 0) is 154 Å². The van der Waals surface area contributed by atoms with Crippen LogP contribution in [0.15, 0.2) is 194 Å². The fourth-order valence-corrected chi connectivity index (χ4v) is 11.4. The van der Waals surface area contributed by atoms with Gasteiger partial charge in [0.2, 0.25) is 0 Å². The largest absolute Gasteiger partial charge is 0.472 e. The Morgan fingerprint density at radius 1 is 0.276 bits per heavy atom. The van der Waals surface area contributed by atoms with E-state index in [4.69, 9.17) is 32.3 Å². The summed E-state index contributed by atoms with van der Waals surface area (Å²) in [5.74, 6) is -1.71. The number of esters is 3. The Kier molecular flexibility index (Phi) is 73.8. The van der Waals surface area contributed by atoms with Crippen LogP contribution in [0, 0.1) is 0 Å². The Morgan fingerprint density at radius 2 is 0.524 bits per heavy atom. The van der Waals surface area contributed by atoms with Gasteiger partial charge in [0.05, 0.1) is 26.4 Å². The summed E-state index contributed by atoms with van der Waals surface area (Å²) in [5.41, 5.74) is 0. The van der Waals surface area contributed by atoms with E-state index in [1.54, 1.807) is 0 Å². The molecule has 105 heavy (non-hydrogen) atoms. The number of phosphoric ester groups is 2. The third-order valence-electron chi connectivity index (χ3n) is 15.8. The van der Waals surface area contributed by atoms with Gasteiger partial charge in [0.15, 0.2) is 6.10 Å². The van der Waals surface area contributed by atoms with Crippen LogP contribution in [0.4, 0.5) is 0 Å². The molecule has 0 amide bonds. The number of aliphatic hydroxyl groups excluding tert-OH is 2. The number of phosphoric acid groups is 2. The van der Waals surface area contributed by atoms with Gasteiger partial charge in [-0.3, -0.25) is 32.5 Å². The van der Waals surface area contributed by atoms with Crippen LogP contribution >= 0.6 is 15.6 Å². The van der Waals surface area contributed by atoms with Crippen molar-refractivity contribution in [1.82, 2.24) is 0 Å². The molecule has 0 aliphatic carbocycles. The zero-order valence-electron chi connectivity index (χ0n) is 64.8. The third kappa shape index (κ3) is 79.3. The molecule has 0 aromatic heterocycles. The number of aliphatic hydroxyl groups is 2. The average Bonchev–Trinajstić information content (AvgIpc) is 0.923. The zero-order valence-corrected chi connectivity index (χ0v) is 66.6. The fraction of sp³-hybridized carbons (Fsp3) is 0.598. The Morgan fingerprint density at radius 3 is 0.838 bits per heavy atom. The van der Waals surface area contributed by atoms with Gasteiger partial charge >= 0.3 is 33.6 Å². The predicted molar refractivity (Wildman–Crippen MR) is 435 cm³/mol. The van der Waals surface area contributed by atoms with Crippen LogP contribution in [-0.4, -0.2) is 95.9 Å². The monoisotopic (exact) mass is 1500 g/mol. The summed E-state index contributed by atoms with van der Waals surface area (Å²) in [6.45, 7) is 2.29. The van der Waals surface area contributed by atoms with Crippen LogP contribution in [0.1, 0.15) is 278 Å². The van der Waals surface area contributed by atoms with Crippen LogP contribution in [0.3, 0.4) is 0 Å². The smallest absolute Gasteiger partial charge is 0.463 e. The molecule has 16 nitrogen and oxygen atoms in total. The Balaban J connectivity index is 4.76. The highest BCUT2D eigenvalue weighted by molar-refractivity contribution is 7.47. The van der Waals surface area contributed by atoms with E-state index in [2.05, 4.69) is 197 Å². The topological polar surface area (TPSA) is 231 Å². The molecule has 0 aliphatic rings. The highest BCUT2D eigenvalue weighted by Gasteiger charge is 2.29. The van der Waals surface area contributed by atoms with E-state index in [0.717, 1.165) is 161 Å². The van der Waals surface area contributed by atoms with Gasteiger partial charge in [0.1, 0.15) is 25.4 Å². The van der Waals surface area contributed by atoms with Gasteiger partial charge in [-0.15, -0.1) is 0 Å². The SMILES string of the molecule is CC/C=C\C/C=C\C/C=C\C/C=C\C/C=C\C/C=C\CCCCCCCCC(=O)OCC(O)COP(=O)(O)OCC(O)COP(=O)(O)OCC(COC(=O)CCCCCCCCCCC/C=C\C/C=C\C/C=C\C/C=C\CCCCC)OC(=O)CC/C=C\C/C=C\C/C=C\C/C=C\C/C=C\C/C=C\CC. The Hall–Kier alpha value is -5.61. The quantitative estimate of drug-likeness (QED) is 0.0146. The fourth-order valence-electron chi connectivity index (χ4n) is 9.82. The maximum Gasteiger partial charge on any atom is 0.472 e. The van der Waals surface area contributed by atoms with E-state index in [1.807, 2.05) is 18.2 Å². The lowest BCUT2D eigenvalue weighted by Gasteiger charge is -2.21. The number of hydrogen-bond donors (Lipinski definition) is 4. The molecule has 4 N–H and O–H groups in total. The van der Waals surface area contributed by atoms with Crippen LogP contribution in [-0.2, 0) is 55.8 Å². The lowest BCUT2D eigenvalue weighted by Crippen LogP contribution is -2.29. The molecule has 0 bridgehead atoms. The second-order valence-corrected chi connectivity index (χ2v) is 28.7. The van der Waals surface area contributed by atoms with Crippen molar-refractivity contribution in [3.8, 4) is 0 Å². The van der Waals surface area contributed by atoms with Crippen molar-refractivity contribution in [3.05, 3.63) is 194 Å². The second-order valence-electron chi connectivity index (χ2n) is 25.7. The first-order valence-electron chi connectivity index (χ1n) is 39.7. The van der Waals surface area contributed by atoms with Crippen molar-refractivity contribution >= 4 is 33.6 Å². The lowest BCUT2D eigenvalue weighted by atomic mass is 10.1. The Bertz CT molecular complexity index is 2690. The molecule has 5 atom stereocenters. The molecule has 0 aliphatic heterocycles. The molecule has 0 saturated carbocycles. The van der Waals surface area contributed by atoms with Gasteiger partial charge in [-0.1, -0.05) is 299 Å². The van der Waals surface area contributed by atoms with Crippen LogP contribution < -0.4 is 0 Å². The maximum absolute atomic E-state index is 13.0. The minimum Gasteiger partial charge on any atom is -0.463 e. The molecule has 0 rings (SSSR count). The molecule has 594 valence electrons. The predicted octanol–water partition coefficient (Wildman–Crippen LogP) is 23.5. The van der Waals surface area contributed by atoms with Crippen molar-refractivity contribution in [2.45, 2.75) is 296 Å². The normalized spacial score (nSPS) is 15.0. The van der Waals surface area contributed by atoms with E-state index < -0.39 is 91.5 Å². The number of allylic oxidation sites excluding steroid dienone is 32. The van der Waals surface area contributed by atoms with Crippen LogP contribution in [0.25, 0.3) is 0 Å². The summed E-state index contributed by atoms with van der Waals surface area (Å²) in [6.07, 6.45) is 102. The number of unbranched alkanes of at least 4 members (excludes halogenated alkanes) is 18. The highest BCUT2D eigenvalue weighted by atomic mass is 31.2. The first kappa shape index (κ1) is 99.4. The molecule has 0 aromatic carbocycles. The molecular formula is C87H140O16P2. The minimum absolute atomic E-state index is 0.0299. The van der Waals surface area contributed by atoms with Crippen molar-refractivity contribution in [1.29, 1.82) is 0 Å². The lowest BCUT2D eigenvalue weighted by molar-refractivity contribution is -0.161. The number of carbonyl (C=O) groups excluding carboxylic acids is 3. The number of rotatable bonds is 73. The van der Waals surface area contributed by atoms with Crippen LogP contribution in [0.5, 0.6) is 0 Å². The summed E-state index contributed by atoms with van der Waals surface area (Å²) in [4.78, 5) is 58.7. The van der Waals surface area contributed by atoms with Crippen LogP contribution in [0.2, 0.25) is 0 Å². The molecule has 0 spiro atoms. The summed E-state index contributed by atoms with van der Waals surface area (Å²) < 4.78 is 61.1. The molecule has 0 aromatic rings. The second kappa shape index (κ2) is 78.0. The number of ether oxygens (including phenoxy) is 3. The first-order valence-corrected chi connectivity index (χ1v) is 42.7. The van der Waals surface area contributed by atoms with E-state index in [1.165, 1.54) is 51.4 Å². The summed E-state index contributed by atoms with van der Waals surface area (Å²) in [7, 11) is -9.84.